The highest BCUT2D eigenvalue weighted by Crippen LogP contribution is 2.56. The van der Waals surface area contributed by atoms with E-state index in [1.807, 2.05) is 0 Å². The summed E-state index contributed by atoms with van der Waals surface area (Å²) >= 11 is 0. The molecule has 3 nitrogen and oxygen atoms in total. The molecule has 0 spiro atoms. The first-order valence-electron chi connectivity index (χ1n) is 24.1. The molecule has 0 unspecified atom stereocenters. The third-order valence-electron chi connectivity index (χ3n) is 13.9. The van der Waals surface area contributed by atoms with E-state index in [-0.39, 0.29) is 5.92 Å². The molecule has 0 aliphatic heterocycles. The molecule has 0 bridgehead atoms. The first-order valence-corrected chi connectivity index (χ1v) is 28.0. The lowest BCUT2D eigenvalue weighted by molar-refractivity contribution is 0.816. The van der Waals surface area contributed by atoms with Gasteiger partial charge in [0.2, 0.25) is 0 Å². The van der Waals surface area contributed by atoms with Crippen LogP contribution < -0.4 is 31.8 Å². The van der Waals surface area contributed by atoms with Gasteiger partial charge in [-0.05, 0) is 55.7 Å². The molecular weight excluding hydrogens is 904 g/mol. The van der Waals surface area contributed by atoms with E-state index >= 15 is 0 Å². The molecule has 12 rings (SSSR count). The number of aromatic nitrogens is 3. The van der Waals surface area contributed by atoms with Crippen molar-refractivity contribution in [2.45, 2.75) is 26.7 Å². The highest BCUT2D eigenvalue weighted by molar-refractivity contribution is 7.72. The predicted octanol–water partition coefficient (Wildman–Crippen LogP) is 14.3. The van der Waals surface area contributed by atoms with E-state index < -0.39 is 24.2 Å². The number of nitrogens with zero attached hydrogens (tertiary/aromatic N) is 3. The van der Waals surface area contributed by atoms with Gasteiger partial charge in [-0.2, -0.15) is 0 Å². The summed E-state index contributed by atoms with van der Waals surface area (Å²) in [7, 11) is -3.43. The molecule has 0 amide bonds. The van der Waals surface area contributed by atoms with Crippen molar-refractivity contribution in [2.24, 2.45) is 0 Å². The average Bonchev–Trinajstić information content (AvgIpc) is 3.99. The van der Waals surface area contributed by atoms with Gasteiger partial charge >= 0.3 is 0 Å². The number of rotatable bonds is 12. The molecule has 3 aromatic heterocycles. The molecular formula is C64H52N3P3. The summed E-state index contributed by atoms with van der Waals surface area (Å²) in [4.78, 5) is 0. The van der Waals surface area contributed by atoms with Crippen molar-refractivity contribution in [2.75, 3.05) is 0 Å². The lowest BCUT2D eigenvalue weighted by Gasteiger charge is -2.34. The number of para-hydroxylation sites is 3. The first-order chi connectivity index (χ1) is 34.6. The summed E-state index contributed by atoms with van der Waals surface area (Å²) in [5.41, 5.74) is 11.6. The number of hydrogen-bond acceptors (Lipinski definition) is 0. The molecule has 0 N–H and O–H groups in total. The van der Waals surface area contributed by atoms with E-state index in [0.717, 1.165) is 0 Å². The maximum absolute atomic E-state index is 2.80. The van der Waals surface area contributed by atoms with Crippen molar-refractivity contribution in [1.82, 2.24) is 13.0 Å². The summed E-state index contributed by atoms with van der Waals surface area (Å²) in [6.07, 6.45) is 0. The minimum Gasteiger partial charge on any atom is -0.313 e. The molecule has 0 aliphatic carbocycles. The van der Waals surface area contributed by atoms with Crippen LogP contribution in [0.15, 0.2) is 255 Å². The zero-order valence-electron chi connectivity index (χ0n) is 39.5. The Bertz CT molecular complexity index is 3240. The highest BCUT2D eigenvalue weighted by Gasteiger charge is 2.40. The Kier molecular flexibility index (Phi) is 12.0. The van der Waals surface area contributed by atoms with Crippen molar-refractivity contribution >= 4 is 88.8 Å². The number of fused-ring (bicyclic) bond motifs is 3. The van der Waals surface area contributed by atoms with Crippen LogP contribution in [0.25, 0.3) is 32.7 Å². The zero-order valence-corrected chi connectivity index (χ0v) is 42.2. The van der Waals surface area contributed by atoms with Gasteiger partial charge in [-0.25, -0.2) is 0 Å². The van der Waals surface area contributed by atoms with Gasteiger partial charge < -0.3 is 13.0 Å². The van der Waals surface area contributed by atoms with Crippen LogP contribution in [0.2, 0.25) is 0 Å². The van der Waals surface area contributed by atoms with Gasteiger partial charge in [0.25, 0.3) is 0 Å². The van der Waals surface area contributed by atoms with Gasteiger partial charge in [-0.3, -0.25) is 0 Å². The fourth-order valence-electron chi connectivity index (χ4n) is 10.8. The molecule has 6 heteroatoms. The Hall–Kier alpha value is -7.11. The van der Waals surface area contributed by atoms with E-state index in [2.05, 4.69) is 289 Å². The predicted molar refractivity (Wildman–Crippen MR) is 304 cm³/mol. The van der Waals surface area contributed by atoms with Crippen molar-refractivity contribution in [3.63, 3.8) is 0 Å². The number of benzene rings is 9. The molecule has 0 fully saturated rings. The molecule has 0 aliphatic rings. The molecule has 0 saturated heterocycles. The van der Waals surface area contributed by atoms with E-state index in [4.69, 9.17) is 0 Å². The molecule has 3 heterocycles. The fraction of sp³-hybridized carbons (Fsp3) is 0.0625. The Balaban J connectivity index is 1.32. The van der Waals surface area contributed by atoms with Gasteiger partial charge in [-0.15, -0.1) is 0 Å². The Morgan fingerprint density at radius 2 is 0.429 bits per heavy atom. The van der Waals surface area contributed by atoms with Crippen molar-refractivity contribution in [1.29, 1.82) is 0 Å². The van der Waals surface area contributed by atoms with Crippen molar-refractivity contribution in [3.8, 4) is 0 Å². The summed E-state index contributed by atoms with van der Waals surface area (Å²) in [5.74, 6) is -0.250. The smallest absolute Gasteiger partial charge is 0.0815 e. The largest absolute Gasteiger partial charge is 0.313 e. The van der Waals surface area contributed by atoms with E-state index in [1.165, 1.54) is 98.3 Å². The lowest BCUT2D eigenvalue weighted by atomic mass is 9.89. The third kappa shape index (κ3) is 7.57. The van der Waals surface area contributed by atoms with Gasteiger partial charge in [0.05, 0.1) is 46.7 Å². The van der Waals surface area contributed by atoms with Gasteiger partial charge in [0, 0.05) is 65.1 Å². The fourth-order valence-corrected chi connectivity index (χ4v) is 18.4. The van der Waals surface area contributed by atoms with E-state index in [0.29, 0.717) is 0 Å². The second-order valence-electron chi connectivity index (χ2n) is 17.9. The molecule has 0 saturated carbocycles. The maximum atomic E-state index is 2.80. The van der Waals surface area contributed by atoms with Crippen LogP contribution in [0.1, 0.15) is 39.7 Å². The van der Waals surface area contributed by atoms with E-state index in [9.17, 15) is 0 Å². The Morgan fingerprint density at radius 3 is 0.643 bits per heavy atom. The van der Waals surface area contributed by atoms with Gasteiger partial charge in [0.15, 0.2) is 0 Å². The second kappa shape index (κ2) is 19.0. The number of aryl methyl sites for hydroxylation is 3. The minimum absolute atomic E-state index is 0.250. The van der Waals surface area contributed by atoms with Crippen LogP contribution in [0.3, 0.4) is 0 Å². The van der Waals surface area contributed by atoms with Gasteiger partial charge in [0.1, 0.15) is 0 Å². The summed E-state index contributed by atoms with van der Waals surface area (Å²) in [6, 6.07) is 95.2. The molecule has 338 valence electrons. The summed E-state index contributed by atoms with van der Waals surface area (Å²) in [6.45, 7) is 7.22. The molecule has 9 aromatic carbocycles. The first kappa shape index (κ1) is 44.1. The van der Waals surface area contributed by atoms with Crippen LogP contribution in [0.4, 0.5) is 0 Å². The normalized spacial score (nSPS) is 11.9. The molecule has 0 atom stereocenters. The maximum Gasteiger partial charge on any atom is 0.0815 e. The average molecular weight is 956 g/mol. The lowest BCUT2D eigenvalue weighted by Crippen LogP contribution is -2.26. The van der Waals surface area contributed by atoms with E-state index in [1.54, 1.807) is 0 Å². The third-order valence-corrected chi connectivity index (χ3v) is 21.1. The molecule has 70 heavy (non-hydrogen) atoms. The van der Waals surface area contributed by atoms with Crippen LogP contribution in [0, 0.1) is 20.8 Å². The topological polar surface area (TPSA) is 14.8 Å². The van der Waals surface area contributed by atoms with Crippen LogP contribution >= 0.6 is 24.2 Å². The van der Waals surface area contributed by atoms with Crippen LogP contribution in [-0.2, 0) is 0 Å². The quantitative estimate of drug-likeness (QED) is 0.108. The van der Waals surface area contributed by atoms with Crippen molar-refractivity contribution < 1.29 is 0 Å². The van der Waals surface area contributed by atoms with Gasteiger partial charge in [-0.1, -0.05) is 237 Å². The minimum atomic E-state index is -1.14. The van der Waals surface area contributed by atoms with Crippen LogP contribution in [0.5, 0.6) is 0 Å². The number of hydrogen-bond donors (Lipinski definition) is 0. The summed E-state index contributed by atoms with van der Waals surface area (Å²) < 4.78 is 8.41. The zero-order chi connectivity index (χ0) is 47.1. The highest BCUT2D eigenvalue weighted by atomic mass is 31.1. The Morgan fingerprint density at radius 1 is 0.243 bits per heavy atom. The molecule has 12 aromatic rings. The van der Waals surface area contributed by atoms with Crippen LogP contribution in [-0.4, -0.2) is 13.0 Å². The SMILES string of the molecule is Cc1c(C(c2c(C)c3ccccc3n2P(c2ccccc2)c2ccccc2)c2c(C)c3ccccc3n2P(c2ccccc2)c2ccccc2)n(P(c2ccccc2)c2ccccc2)c2ccccc12. The standard InChI is InChI=1S/C64H52N3P3/c1-46-55-40-22-25-43-58(55)65(68(49-28-10-4-11-29-49)50-30-12-5-13-31-50)62(46)61(63-47(2)56-41-23-26-44-59(56)66(63)69(51-32-14-6-15-33-51)52-34-16-7-17-35-52)64-48(3)57-42-24-27-45-60(57)67(64)70(53-36-18-8-19-37-53)54-38-20-9-21-39-54/h4-45,61H,1-3H3. The van der Waals surface area contributed by atoms with Crippen molar-refractivity contribution in [3.05, 3.63) is 289 Å². The molecule has 0 radical (unpaired) electrons. The monoisotopic (exact) mass is 955 g/mol. The second-order valence-corrected chi connectivity index (χ2v) is 24.1. The Labute approximate surface area is 414 Å². The summed E-state index contributed by atoms with van der Waals surface area (Å²) in [5, 5.41) is 11.7.